The molecule has 0 aliphatic carbocycles. The Morgan fingerprint density at radius 3 is 2.47 bits per heavy atom. The molecule has 2 rings (SSSR count). The molecule has 1 aromatic rings. The molecule has 1 atom stereocenters. The van der Waals surface area contributed by atoms with Crippen molar-refractivity contribution < 1.29 is 4.42 Å². The fourth-order valence-electron chi connectivity index (χ4n) is 2.94. The third-order valence-corrected chi connectivity index (χ3v) is 4.88. The first kappa shape index (κ1) is 14.6. The topological polar surface area (TPSA) is 42.4 Å². The van der Waals surface area contributed by atoms with Gasteiger partial charge in [-0.05, 0) is 43.5 Å². The highest BCUT2D eigenvalue weighted by Crippen LogP contribution is 2.36. The van der Waals surface area contributed by atoms with E-state index in [4.69, 9.17) is 10.2 Å². The second-order valence-corrected chi connectivity index (χ2v) is 6.11. The van der Waals surface area contributed by atoms with Gasteiger partial charge < -0.3 is 10.2 Å². The zero-order valence-corrected chi connectivity index (χ0v) is 12.6. The second-order valence-electron chi connectivity index (χ2n) is 6.11. The smallest absolute Gasteiger partial charge is 0.122 e. The van der Waals surface area contributed by atoms with Crippen LogP contribution in [0, 0.1) is 5.41 Å². The van der Waals surface area contributed by atoms with Gasteiger partial charge in [-0.25, -0.2) is 0 Å². The Kier molecular flexibility index (Phi) is 4.69. The molecule has 1 aromatic heterocycles. The van der Waals surface area contributed by atoms with Crippen LogP contribution in [-0.2, 0) is 6.42 Å². The van der Waals surface area contributed by atoms with E-state index < -0.39 is 0 Å². The Bertz CT molecular complexity index is 391. The van der Waals surface area contributed by atoms with Gasteiger partial charge in [-0.3, -0.25) is 4.90 Å². The molecule has 1 aliphatic rings. The van der Waals surface area contributed by atoms with Crippen molar-refractivity contribution in [1.82, 2.24) is 4.90 Å². The van der Waals surface area contributed by atoms with Crippen molar-refractivity contribution in [3.8, 4) is 0 Å². The second kappa shape index (κ2) is 6.10. The standard InChI is InChI=1S/C16H28N2O/c1-4-13-6-7-15(19-13)14(12-17)18-10-8-16(3,5-2)9-11-18/h6-7,14H,4-5,8-12,17H2,1-3H3. The number of rotatable bonds is 5. The molecule has 1 unspecified atom stereocenters. The molecule has 1 fully saturated rings. The minimum atomic E-state index is 0.252. The molecule has 1 saturated heterocycles. The maximum absolute atomic E-state index is 5.98. The van der Waals surface area contributed by atoms with E-state index in [1.54, 1.807) is 0 Å². The van der Waals surface area contributed by atoms with Crippen molar-refractivity contribution in [2.45, 2.75) is 52.5 Å². The number of piperidine rings is 1. The maximum atomic E-state index is 5.98. The minimum Gasteiger partial charge on any atom is -0.464 e. The zero-order chi connectivity index (χ0) is 13.9. The monoisotopic (exact) mass is 264 g/mol. The van der Waals surface area contributed by atoms with Gasteiger partial charge in [-0.2, -0.15) is 0 Å². The molecule has 0 radical (unpaired) electrons. The van der Waals surface area contributed by atoms with E-state index in [0.29, 0.717) is 12.0 Å². The summed E-state index contributed by atoms with van der Waals surface area (Å²) in [5, 5.41) is 0. The number of hydrogen-bond acceptors (Lipinski definition) is 3. The van der Waals surface area contributed by atoms with Gasteiger partial charge in [0.2, 0.25) is 0 Å². The molecule has 2 heterocycles. The number of furan rings is 1. The molecule has 19 heavy (non-hydrogen) atoms. The van der Waals surface area contributed by atoms with E-state index in [1.165, 1.54) is 19.3 Å². The average Bonchev–Trinajstić information content (AvgIpc) is 2.91. The van der Waals surface area contributed by atoms with Crippen molar-refractivity contribution in [3.05, 3.63) is 23.7 Å². The van der Waals surface area contributed by atoms with Crippen molar-refractivity contribution >= 4 is 0 Å². The predicted molar refractivity (Wildman–Crippen MR) is 79.1 cm³/mol. The largest absolute Gasteiger partial charge is 0.464 e. The van der Waals surface area contributed by atoms with Crippen LogP contribution < -0.4 is 5.73 Å². The molecule has 0 amide bonds. The van der Waals surface area contributed by atoms with E-state index in [0.717, 1.165) is 31.0 Å². The van der Waals surface area contributed by atoms with E-state index in [-0.39, 0.29) is 6.04 Å². The third-order valence-electron chi connectivity index (χ3n) is 4.88. The first-order valence-electron chi connectivity index (χ1n) is 7.64. The summed E-state index contributed by atoms with van der Waals surface area (Å²) < 4.78 is 5.90. The summed E-state index contributed by atoms with van der Waals surface area (Å²) in [5.41, 5.74) is 6.51. The fourth-order valence-corrected chi connectivity index (χ4v) is 2.94. The maximum Gasteiger partial charge on any atom is 0.122 e. The van der Waals surface area contributed by atoms with Crippen LogP contribution in [0.5, 0.6) is 0 Å². The first-order valence-corrected chi connectivity index (χ1v) is 7.64. The quantitative estimate of drug-likeness (QED) is 0.886. The van der Waals surface area contributed by atoms with Crippen molar-refractivity contribution in [2.75, 3.05) is 19.6 Å². The molecule has 3 heteroatoms. The number of nitrogens with zero attached hydrogens (tertiary/aromatic N) is 1. The Balaban J connectivity index is 2.03. The summed E-state index contributed by atoms with van der Waals surface area (Å²) in [7, 11) is 0. The van der Waals surface area contributed by atoms with E-state index >= 15 is 0 Å². The molecule has 3 nitrogen and oxygen atoms in total. The number of nitrogens with two attached hydrogens (primary N) is 1. The van der Waals surface area contributed by atoms with Gasteiger partial charge >= 0.3 is 0 Å². The molecule has 108 valence electrons. The summed E-state index contributed by atoms with van der Waals surface area (Å²) >= 11 is 0. The summed E-state index contributed by atoms with van der Waals surface area (Å²) in [6.45, 7) is 9.73. The van der Waals surface area contributed by atoms with Gasteiger partial charge in [0.1, 0.15) is 11.5 Å². The average molecular weight is 264 g/mol. The SMILES string of the molecule is CCc1ccc(C(CN)N2CCC(C)(CC)CC2)o1. The highest BCUT2D eigenvalue weighted by atomic mass is 16.3. The Labute approximate surface area is 117 Å². The fraction of sp³-hybridized carbons (Fsp3) is 0.750. The lowest BCUT2D eigenvalue weighted by Crippen LogP contribution is -2.42. The van der Waals surface area contributed by atoms with Crippen LogP contribution in [0.25, 0.3) is 0 Å². The van der Waals surface area contributed by atoms with Gasteiger partial charge in [0.15, 0.2) is 0 Å². The van der Waals surface area contributed by atoms with Crippen LogP contribution in [-0.4, -0.2) is 24.5 Å². The van der Waals surface area contributed by atoms with E-state index in [9.17, 15) is 0 Å². The van der Waals surface area contributed by atoms with Gasteiger partial charge in [-0.1, -0.05) is 27.2 Å². The minimum absolute atomic E-state index is 0.252. The van der Waals surface area contributed by atoms with Crippen molar-refractivity contribution in [3.63, 3.8) is 0 Å². The lowest BCUT2D eigenvalue weighted by Gasteiger charge is -2.41. The van der Waals surface area contributed by atoms with Gasteiger partial charge in [0.05, 0.1) is 6.04 Å². The van der Waals surface area contributed by atoms with E-state index in [2.05, 4.69) is 37.8 Å². The lowest BCUT2D eigenvalue weighted by atomic mass is 9.78. The third kappa shape index (κ3) is 3.21. The van der Waals surface area contributed by atoms with Gasteiger partial charge in [-0.15, -0.1) is 0 Å². The molecular formula is C16H28N2O. The molecular weight excluding hydrogens is 236 g/mol. The van der Waals surface area contributed by atoms with E-state index in [1.807, 2.05) is 0 Å². The molecule has 2 N–H and O–H groups in total. The van der Waals surface area contributed by atoms with Gasteiger partial charge in [0.25, 0.3) is 0 Å². The summed E-state index contributed by atoms with van der Waals surface area (Å²) in [6, 6.07) is 4.43. The summed E-state index contributed by atoms with van der Waals surface area (Å²) in [4.78, 5) is 2.50. The number of hydrogen-bond donors (Lipinski definition) is 1. The Hall–Kier alpha value is -0.800. The lowest BCUT2D eigenvalue weighted by molar-refractivity contribution is 0.0744. The molecule has 1 aliphatic heterocycles. The highest BCUT2D eigenvalue weighted by Gasteiger charge is 2.32. The normalized spacial score (nSPS) is 21.5. The van der Waals surface area contributed by atoms with Crippen LogP contribution in [0.1, 0.15) is 57.6 Å². The van der Waals surface area contributed by atoms with Crippen molar-refractivity contribution in [1.29, 1.82) is 0 Å². The van der Waals surface area contributed by atoms with Crippen LogP contribution in [0.2, 0.25) is 0 Å². The molecule has 0 saturated carbocycles. The summed E-state index contributed by atoms with van der Waals surface area (Å²) in [6.07, 6.45) is 4.75. The van der Waals surface area contributed by atoms with Gasteiger partial charge in [0, 0.05) is 13.0 Å². The molecule has 0 spiro atoms. The predicted octanol–water partition coefficient (Wildman–Crippen LogP) is 3.35. The number of likely N-dealkylation sites (tertiary alicyclic amines) is 1. The first-order chi connectivity index (χ1) is 9.11. The number of aryl methyl sites for hydroxylation is 1. The van der Waals surface area contributed by atoms with Crippen LogP contribution in [0.15, 0.2) is 16.5 Å². The zero-order valence-electron chi connectivity index (χ0n) is 12.6. The molecule has 0 bridgehead atoms. The Morgan fingerprint density at radius 1 is 1.32 bits per heavy atom. The van der Waals surface area contributed by atoms with Crippen LogP contribution in [0.3, 0.4) is 0 Å². The Morgan fingerprint density at radius 2 is 2.00 bits per heavy atom. The highest BCUT2D eigenvalue weighted by molar-refractivity contribution is 5.12. The molecule has 0 aromatic carbocycles. The van der Waals surface area contributed by atoms with Crippen molar-refractivity contribution in [2.24, 2.45) is 11.1 Å². The summed E-state index contributed by atoms with van der Waals surface area (Å²) in [5.74, 6) is 2.10. The van der Waals surface area contributed by atoms with Crippen LogP contribution >= 0.6 is 0 Å². The van der Waals surface area contributed by atoms with Crippen LogP contribution in [0.4, 0.5) is 0 Å².